The Morgan fingerprint density at radius 3 is 2.82 bits per heavy atom. The summed E-state index contributed by atoms with van der Waals surface area (Å²) < 4.78 is 10.6. The summed E-state index contributed by atoms with van der Waals surface area (Å²) in [5, 5.41) is 8.70. The van der Waals surface area contributed by atoms with Gasteiger partial charge >= 0.3 is 11.9 Å². The molecule has 5 heteroatoms. The van der Waals surface area contributed by atoms with Crippen molar-refractivity contribution in [3.8, 4) is 5.75 Å². The molecule has 1 N–H and O–H groups in total. The second-order valence-electron chi connectivity index (χ2n) is 5.44. The van der Waals surface area contributed by atoms with E-state index in [9.17, 15) is 9.59 Å². The van der Waals surface area contributed by atoms with E-state index in [1.165, 1.54) is 0 Å². The number of benzene rings is 1. The Hall–Kier alpha value is -2.30. The lowest BCUT2D eigenvalue weighted by Crippen LogP contribution is -2.01. The fraction of sp³-hybridized carbons (Fsp3) is 0.412. The van der Waals surface area contributed by atoms with Crippen LogP contribution in [0.25, 0.3) is 0 Å². The first-order valence-electron chi connectivity index (χ1n) is 7.18. The molecule has 1 aromatic rings. The third-order valence-corrected chi connectivity index (χ3v) is 3.90. The molecule has 22 heavy (non-hydrogen) atoms. The van der Waals surface area contributed by atoms with Gasteiger partial charge in [-0.15, -0.1) is 0 Å². The Labute approximate surface area is 129 Å². The molecule has 0 aliphatic carbocycles. The molecule has 1 aromatic carbocycles. The van der Waals surface area contributed by atoms with Crippen LogP contribution in [-0.2, 0) is 22.6 Å². The van der Waals surface area contributed by atoms with Crippen molar-refractivity contribution < 1.29 is 24.2 Å². The zero-order valence-corrected chi connectivity index (χ0v) is 13.1. The van der Waals surface area contributed by atoms with E-state index in [0.717, 1.165) is 28.0 Å². The number of ether oxygens (including phenoxy) is 2. The summed E-state index contributed by atoms with van der Waals surface area (Å²) in [6.45, 7) is 4.12. The van der Waals surface area contributed by atoms with Gasteiger partial charge < -0.3 is 14.6 Å². The maximum Gasteiger partial charge on any atom is 0.338 e. The van der Waals surface area contributed by atoms with Crippen LogP contribution in [0.4, 0.5) is 0 Å². The number of hydrogen-bond acceptors (Lipinski definition) is 4. The summed E-state index contributed by atoms with van der Waals surface area (Å²) >= 11 is 0. The van der Waals surface area contributed by atoms with Gasteiger partial charge in [0.1, 0.15) is 12.4 Å². The molecule has 1 aliphatic rings. The highest BCUT2D eigenvalue weighted by molar-refractivity contribution is 5.94. The summed E-state index contributed by atoms with van der Waals surface area (Å²) in [5.41, 5.74) is 4.33. The summed E-state index contributed by atoms with van der Waals surface area (Å²) in [7, 11) is 1.61. The zero-order valence-electron chi connectivity index (χ0n) is 13.1. The van der Waals surface area contributed by atoms with Crippen LogP contribution in [0.15, 0.2) is 17.7 Å². The fourth-order valence-corrected chi connectivity index (χ4v) is 2.62. The molecule has 0 bridgehead atoms. The minimum Gasteiger partial charge on any atom is -0.496 e. The van der Waals surface area contributed by atoms with Gasteiger partial charge in [-0.2, -0.15) is 0 Å². The van der Waals surface area contributed by atoms with Crippen molar-refractivity contribution in [3.05, 3.63) is 40.0 Å². The number of esters is 1. The molecule has 1 aliphatic heterocycles. The average molecular weight is 304 g/mol. The Balaban J connectivity index is 2.26. The number of fused-ring (bicyclic) bond motifs is 1. The fourth-order valence-electron chi connectivity index (χ4n) is 2.62. The maximum atomic E-state index is 11.7. The third kappa shape index (κ3) is 3.30. The van der Waals surface area contributed by atoms with E-state index in [-0.39, 0.29) is 12.4 Å². The van der Waals surface area contributed by atoms with Crippen LogP contribution in [0.2, 0.25) is 0 Å². The number of hydrogen-bond donors (Lipinski definition) is 1. The van der Waals surface area contributed by atoms with Gasteiger partial charge in [0.2, 0.25) is 0 Å². The quantitative estimate of drug-likeness (QED) is 0.646. The molecule has 2 rings (SSSR count). The van der Waals surface area contributed by atoms with Crippen molar-refractivity contribution in [1.82, 2.24) is 0 Å². The first-order valence-corrected chi connectivity index (χ1v) is 7.18. The second kappa shape index (κ2) is 6.64. The zero-order chi connectivity index (χ0) is 16.3. The van der Waals surface area contributed by atoms with Crippen molar-refractivity contribution in [2.45, 2.75) is 39.7 Å². The number of carboxylic acids is 1. The largest absolute Gasteiger partial charge is 0.496 e. The highest BCUT2D eigenvalue weighted by atomic mass is 16.5. The number of methoxy groups -OCH3 is 1. The van der Waals surface area contributed by atoms with Crippen molar-refractivity contribution in [2.75, 3.05) is 7.11 Å². The van der Waals surface area contributed by atoms with Crippen LogP contribution in [-0.4, -0.2) is 24.2 Å². The molecule has 0 fully saturated rings. The predicted molar refractivity (Wildman–Crippen MR) is 81.2 cm³/mol. The summed E-state index contributed by atoms with van der Waals surface area (Å²) in [6.07, 6.45) is 3.21. The topological polar surface area (TPSA) is 72.8 Å². The lowest BCUT2D eigenvalue weighted by molar-refractivity contribution is -0.136. The smallest absolute Gasteiger partial charge is 0.338 e. The molecule has 118 valence electrons. The van der Waals surface area contributed by atoms with Crippen LogP contribution in [0.5, 0.6) is 5.75 Å². The standard InChI is InChI=1S/C17H20O5/c1-10(5-7-15(18)19)4-6-12-8-13-14(9-22-17(13)20)11(2)16(12)21-3/h4,8H,5-7,9H2,1-3H3,(H,18,19). The first kappa shape index (κ1) is 16.1. The van der Waals surface area contributed by atoms with Crippen molar-refractivity contribution in [3.63, 3.8) is 0 Å². The summed E-state index contributed by atoms with van der Waals surface area (Å²) in [5.74, 6) is -0.339. The molecule has 5 nitrogen and oxygen atoms in total. The summed E-state index contributed by atoms with van der Waals surface area (Å²) in [6, 6.07) is 1.82. The van der Waals surface area contributed by atoms with Gasteiger partial charge in [0.15, 0.2) is 0 Å². The van der Waals surface area contributed by atoms with E-state index in [2.05, 4.69) is 0 Å². The van der Waals surface area contributed by atoms with Gasteiger partial charge in [-0.3, -0.25) is 4.79 Å². The Morgan fingerprint density at radius 1 is 1.45 bits per heavy atom. The number of carbonyl (C=O) groups is 2. The Morgan fingerprint density at radius 2 is 2.18 bits per heavy atom. The number of rotatable bonds is 6. The third-order valence-electron chi connectivity index (χ3n) is 3.90. The predicted octanol–water partition coefficient (Wildman–Crippen LogP) is 3.03. The van der Waals surface area contributed by atoms with Gasteiger partial charge in [0.05, 0.1) is 12.7 Å². The molecular weight excluding hydrogens is 284 g/mol. The highest BCUT2D eigenvalue weighted by Gasteiger charge is 2.26. The second-order valence-corrected chi connectivity index (χ2v) is 5.44. The van der Waals surface area contributed by atoms with E-state index < -0.39 is 5.97 Å². The van der Waals surface area contributed by atoms with Gasteiger partial charge in [-0.25, -0.2) is 4.79 Å². The Bertz CT molecular complexity index is 643. The molecular formula is C17H20O5. The molecule has 1 heterocycles. The average Bonchev–Trinajstić information content (AvgIpc) is 2.85. The van der Waals surface area contributed by atoms with Crippen molar-refractivity contribution in [1.29, 1.82) is 0 Å². The number of aliphatic carboxylic acids is 1. The summed E-state index contributed by atoms with van der Waals surface area (Å²) in [4.78, 5) is 22.3. The van der Waals surface area contributed by atoms with Crippen LogP contribution in [0.1, 0.15) is 46.8 Å². The normalized spacial score (nSPS) is 13.8. The van der Waals surface area contributed by atoms with Gasteiger partial charge in [0.25, 0.3) is 0 Å². The highest BCUT2D eigenvalue weighted by Crippen LogP contribution is 2.34. The molecule has 0 saturated carbocycles. The minimum atomic E-state index is -0.804. The molecule has 0 saturated heterocycles. The monoisotopic (exact) mass is 304 g/mol. The van der Waals surface area contributed by atoms with Crippen LogP contribution < -0.4 is 4.74 Å². The Kier molecular flexibility index (Phi) is 4.85. The van der Waals surface area contributed by atoms with Gasteiger partial charge in [-0.05, 0) is 43.9 Å². The minimum absolute atomic E-state index is 0.120. The lowest BCUT2D eigenvalue weighted by atomic mass is 9.96. The molecule has 0 unspecified atom stereocenters. The number of allylic oxidation sites excluding steroid dienone is 2. The van der Waals surface area contributed by atoms with Gasteiger partial charge in [0, 0.05) is 12.0 Å². The van der Waals surface area contributed by atoms with Crippen LogP contribution in [0.3, 0.4) is 0 Å². The number of carbonyl (C=O) groups excluding carboxylic acids is 1. The first-order chi connectivity index (χ1) is 10.4. The van der Waals surface area contributed by atoms with E-state index >= 15 is 0 Å². The number of cyclic esters (lactones) is 1. The SMILES string of the molecule is COc1c(CC=C(C)CCC(=O)O)cc2c(c1C)COC2=O. The maximum absolute atomic E-state index is 11.7. The van der Waals surface area contributed by atoms with E-state index in [0.29, 0.717) is 25.0 Å². The molecule has 0 aromatic heterocycles. The molecule has 0 radical (unpaired) electrons. The molecule has 0 atom stereocenters. The molecule has 0 amide bonds. The van der Waals surface area contributed by atoms with Crippen molar-refractivity contribution >= 4 is 11.9 Å². The van der Waals surface area contributed by atoms with Crippen LogP contribution >= 0.6 is 0 Å². The molecule has 0 spiro atoms. The van der Waals surface area contributed by atoms with E-state index in [1.54, 1.807) is 7.11 Å². The lowest BCUT2D eigenvalue weighted by Gasteiger charge is -2.13. The van der Waals surface area contributed by atoms with Crippen LogP contribution in [0, 0.1) is 6.92 Å². The van der Waals surface area contributed by atoms with Crippen molar-refractivity contribution in [2.24, 2.45) is 0 Å². The van der Waals surface area contributed by atoms with E-state index in [4.69, 9.17) is 14.6 Å². The van der Waals surface area contributed by atoms with Gasteiger partial charge in [-0.1, -0.05) is 11.6 Å². The number of carboxylic acid groups (broad SMARTS) is 1. The van der Waals surface area contributed by atoms with E-state index in [1.807, 2.05) is 26.0 Å².